The first-order valence-electron chi connectivity index (χ1n) is 9.15. The number of morpholine rings is 1. The highest BCUT2D eigenvalue weighted by Gasteiger charge is 2.36. The van der Waals surface area contributed by atoms with E-state index in [-0.39, 0.29) is 17.9 Å². The van der Waals surface area contributed by atoms with Crippen molar-refractivity contribution in [3.05, 3.63) is 42.0 Å². The van der Waals surface area contributed by atoms with Crippen LogP contribution in [0.4, 0.5) is 18.0 Å². The lowest BCUT2D eigenvalue weighted by molar-refractivity contribution is -0.137. The molecule has 2 heterocycles. The summed E-state index contributed by atoms with van der Waals surface area (Å²) >= 11 is 0. The fourth-order valence-corrected chi connectivity index (χ4v) is 2.70. The van der Waals surface area contributed by atoms with Crippen molar-refractivity contribution >= 4 is 18.0 Å². The molecule has 3 rings (SSSR count). The van der Waals surface area contributed by atoms with Gasteiger partial charge in [-0.25, -0.2) is 14.4 Å². The number of alkyl halides is 3. The number of rotatable bonds is 4. The van der Waals surface area contributed by atoms with Crippen LogP contribution in [0.15, 0.2) is 36.4 Å². The third-order valence-corrected chi connectivity index (χ3v) is 4.23. The maximum absolute atomic E-state index is 12.7. The topological polar surface area (TPSA) is 117 Å². The molecule has 2 fully saturated rings. The molecule has 170 valence electrons. The molecule has 12 heteroatoms. The Labute approximate surface area is 175 Å². The molecule has 2 aliphatic rings. The second-order valence-corrected chi connectivity index (χ2v) is 6.56. The molecule has 2 saturated heterocycles. The fraction of sp³-hybridized carbons (Fsp3) is 0.421. The number of amides is 2. The van der Waals surface area contributed by atoms with Crippen LogP contribution in [-0.4, -0.2) is 83.5 Å². The van der Waals surface area contributed by atoms with Crippen LogP contribution in [0.3, 0.4) is 0 Å². The second-order valence-electron chi connectivity index (χ2n) is 6.56. The van der Waals surface area contributed by atoms with Gasteiger partial charge >= 0.3 is 24.1 Å². The van der Waals surface area contributed by atoms with E-state index in [2.05, 4.69) is 0 Å². The first-order valence-corrected chi connectivity index (χ1v) is 9.15. The zero-order valence-electron chi connectivity index (χ0n) is 16.2. The third-order valence-electron chi connectivity index (χ3n) is 4.23. The maximum Gasteiger partial charge on any atom is 0.416 e. The van der Waals surface area contributed by atoms with Gasteiger partial charge in [-0.05, 0) is 18.2 Å². The molecule has 9 nitrogen and oxygen atoms in total. The van der Waals surface area contributed by atoms with Gasteiger partial charge in [0.1, 0.15) is 11.9 Å². The van der Waals surface area contributed by atoms with Gasteiger partial charge in [-0.2, -0.15) is 13.2 Å². The fourth-order valence-electron chi connectivity index (χ4n) is 2.70. The van der Waals surface area contributed by atoms with Gasteiger partial charge in [0, 0.05) is 25.2 Å². The number of aliphatic carboxylic acids is 2. The highest BCUT2D eigenvalue weighted by Crippen LogP contribution is 2.32. The largest absolute Gasteiger partial charge is 0.487 e. The highest BCUT2D eigenvalue weighted by molar-refractivity contribution is 5.89. The number of urea groups is 1. The summed E-state index contributed by atoms with van der Waals surface area (Å²) in [5, 5.41) is 15.6. The van der Waals surface area contributed by atoms with E-state index < -0.39 is 23.7 Å². The number of hydrogen-bond acceptors (Lipinski definition) is 5. The minimum absolute atomic E-state index is 0.0720. The van der Waals surface area contributed by atoms with Crippen molar-refractivity contribution in [3.8, 4) is 5.75 Å². The molecule has 2 N–H and O–H groups in total. The standard InChI is InChI=1S/C15H17F3N2O3.C4H4O4/c16-15(17,18)11-2-1-3-12(8-11)23-13-9-20(10-13)14(21)19-4-6-22-7-5-19;5-3(6)1-2-4(7)8/h1-3,8,13H,4-7,9-10H2;1-2H,(H,5,6)(H,7,8). The van der Waals surface area contributed by atoms with E-state index in [1.165, 1.54) is 12.1 Å². The van der Waals surface area contributed by atoms with Crippen molar-refractivity contribution in [3.63, 3.8) is 0 Å². The summed E-state index contributed by atoms with van der Waals surface area (Å²) in [6.45, 7) is 2.95. The molecule has 2 amide bonds. The smallest absolute Gasteiger partial charge is 0.416 e. The molecule has 0 saturated carbocycles. The van der Waals surface area contributed by atoms with Crippen molar-refractivity contribution in [2.24, 2.45) is 0 Å². The lowest BCUT2D eigenvalue weighted by atomic mass is 10.1. The Morgan fingerprint density at radius 1 is 1.03 bits per heavy atom. The van der Waals surface area contributed by atoms with Crippen molar-refractivity contribution in [1.82, 2.24) is 9.80 Å². The molecule has 0 radical (unpaired) electrons. The van der Waals surface area contributed by atoms with E-state index in [0.717, 1.165) is 12.1 Å². The molecule has 0 aliphatic carbocycles. The zero-order chi connectivity index (χ0) is 23.0. The van der Waals surface area contributed by atoms with E-state index >= 15 is 0 Å². The number of carboxylic acid groups (broad SMARTS) is 2. The Morgan fingerprint density at radius 3 is 2.13 bits per heavy atom. The number of carbonyl (C=O) groups excluding carboxylic acids is 1. The van der Waals surface area contributed by atoms with Crippen LogP contribution >= 0.6 is 0 Å². The molecule has 1 aromatic rings. The molecule has 2 aliphatic heterocycles. The van der Waals surface area contributed by atoms with Crippen LogP contribution in [-0.2, 0) is 20.5 Å². The monoisotopic (exact) mass is 446 g/mol. The van der Waals surface area contributed by atoms with Gasteiger partial charge in [0.15, 0.2) is 0 Å². The molecule has 31 heavy (non-hydrogen) atoms. The minimum atomic E-state index is -4.39. The van der Waals surface area contributed by atoms with Gasteiger partial charge in [-0.15, -0.1) is 0 Å². The lowest BCUT2D eigenvalue weighted by Gasteiger charge is -2.42. The number of halogens is 3. The minimum Gasteiger partial charge on any atom is -0.487 e. The van der Waals surface area contributed by atoms with Crippen molar-refractivity contribution in [2.45, 2.75) is 12.3 Å². The Balaban J connectivity index is 0.000000366. The number of carboxylic acids is 2. The quantitative estimate of drug-likeness (QED) is 0.679. The van der Waals surface area contributed by atoms with Gasteiger partial charge in [-0.3, -0.25) is 0 Å². The number of nitrogens with zero attached hydrogens (tertiary/aromatic N) is 2. The molecule has 0 aromatic heterocycles. The number of likely N-dealkylation sites (tertiary alicyclic amines) is 1. The first-order chi connectivity index (χ1) is 14.6. The average Bonchev–Trinajstić information content (AvgIpc) is 2.69. The third kappa shape index (κ3) is 7.81. The summed E-state index contributed by atoms with van der Waals surface area (Å²) in [7, 11) is 0. The lowest BCUT2D eigenvalue weighted by Crippen LogP contribution is -2.60. The highest BCUT2D eigenvalue weighted by atomic mass is 19.4. The van der Waals surface area contributed by atoms with E-state index in [1.807, 2.05) is 0 Å². The molecular formula is C19H21F3N2O7. The SMILES string of the molecule is O=C(N1CCOCC1)N1CC(Oc2cccc(C(F)(F)F)c2)C1.O=C(O)C=CC(=O)O. The Bertz CT molecular complexity index is 801. The number of ether oxygens (including phenoxy) is 2. The molecule has 0 spiro atoms. The van der Waals surface area contributed by atoms with E-state index in [0.29, 0.717) is 51.5 Å². The molecule has 0 bridgehead atoms. The van der Waals surface area contributed by atoms with Gasteiger partial charge in [-0.1, -0.05) is 6.07 Å². The van der Waals surface area contributed by atoms with E-state index in [4.69, 9.17) is 19.7 Å². The average molecular weight is 446 g/mol. The summed E-state index contributed by atoms with van der Waals surface area (Å²) < 4.78 is 48.7. The number of carbonyl (C=O) groups is 3. The maximum atomic E-state index is 12.7. The summed E-state index contributed by atoms with van der Waals surface area (Å²) in [6, 6.07) is 4.71. The Kier molecular flexibility index (Phi) is 8.25. The number of benzene rings is 1. The van der Waals surface area contributed by atoms with Crippen molar-refractivity contribution in [1.29, 1.82) is 0 Å². The summed E-state index contributed by atoms with van der Waals surface area (Å²) in [6.07, 6.45) is -3.55. The van der Waals surface area contributed by atoms with Gasteiger partial charge in [0.05, 0.1) is 31.9 Å². The zero-order valence-corrected chi connectivity index (χ0v) is 16.2. The first kappa shape index (κ1) is 24.0. The molecule has 0 unspecified atom stereocenters. The summed E-state index contributed by atoms with van der Waals surface area (Å²) in [5.41, 5.74) is -0.740. The van der Waals surface area contributed by atoms with Crippen LogP contribution in [0.25, 0.3) is 0 Å². The second kappa shape index (κ2) is 10.7. The van der Waals surface area contributed by atoms with E-state index in [9.17, 15) is 27.6 Å². The van der Waals surface area contributed by atoms with Crippen molar-refractivity contribution < 1.29 is 47.2 Å². The normalized spacial score (nSPS) is 16.9. The van der Waals surface area contributed by atoms with Gasteiger partial charge in [0.2, 0.25) is 0 Å². The number of hydrogen-bond donors (Lipinski definition) is 2. The summed E-state index contributed by atoms with van der Waals surface area (Å²) in [4.78, 5) is 34.6. The van der Waals surface area contributed by atoms with Crippen LogP contribution in [0.1, 0.15) is 5.56 Å². The van der Waals surface area contributed by atoms with Crippen molar-refractivity contribution in [2.75, 3.05) is 39.4 Å². The predicted molar refractivity (Wildman–Crippen MR) is 99.6 cm³/mol. The van der Waals surface area contributed by atoms with Gasteiger partial charge in [0.25, 0.3) is 0 Å². The van der Waals surface area contributed by atoms with Crippen LogP contribution < -0.4 is 4.74 Å². The van der Waals surface area contributed by atoms with E-state index in [1.54, 1.807) is 9.80 Å². The van der Waals surface area contributed by atoms with Crippen LogP contribution in [0.5, 0.6) is 5.75 Å². The molecular weight excluding hydrogens is 425 g/mol. The molecule has 1 aromatic carbocycles. The van der Waals surface area contributed by atoms with Gasteiger partial charge < -0.3 is 29.5 Å². The predicted octanol–water partition coefficient (Wildman–Crippen LogP) is 1.93. The Morgan fingerprint density at radius 2 is 1.61 bits per heavy atom. The summed E-state index contributed by atoms with van der Waals surface area (Å²) in [5.74, 6) is -2.34. The van der Waals surface area contributed by atoms with Crippen LogP contribution in [0.2, 0.25) is 0 Å². The Hall–Kier alpha value is -3.28. The molecule has 0 atom stereocenters. The van der Waals surface area contributed by atoms with Crippen LogP contribution in [0, 0.1) is 0 Å².